The number of allylic oxidation sites excluding steroid dienone is 1. The Morgan fingerprint density at radius 1 is 1.33 bits per heavy atom. The largest absolute Gasteiger partial charge is 0.519 e. The van der Waals surface area contributed by atoms with Gasteiger partial charge in [-0.3, -0.25) is 0 Å². The van der Waals surface area contributed by atoms with Gasteiger partial charge in [-0.2, -0.15) is 13.2 Å². The molecular formula is C11H8F4O3. The van der Waals surface area contributed by atoms with Crippen LogP contribution < -0.4 is 4.74 Å². The zero-order valence-corrected chi connectivity index (χ0v) is 9.18. The molecule has 0 aliphatic rings. The van der Waals surface area contributed by atoms with Crippen molar-refractivity contribution in [2.45, 2.75) is 13.1 Å². The maximum Gasteiger partial charge on any atom is 0.519 e. The van der Waals surface area contributed by atoms with Gasteiger partial charge in [0.1, 0.15) is 17.3 Å². The summed E-state index contributed by atoms with van der Waals surface area (Å²) in [4.78, 5) is 11.0. The van der Waals surface area contributed by atoms with Crippen molar-refractivity contribution in [3.05, 3.63) is 41.9 Å². The SMILES string of the molecule is C=C(C)OC(=O)Oc1ccc(F)c(C(F)(F)F)c1. The third-order valence-electron chi connectivity index (χ3n) is 1.70. The first-order valence-corrected chi connectivity index (χ1v) is 4.62. The van der Waals surface area contributed by atoms with Crippen molar-refractivity contribution in [3.8, 4) is 5.75 Å². The van der Waals surface area contributed by atoms with Gasteiger partial charge in [0.15, 0.2) is 0 Å². The van der Waals surface area contributed by atoms with Crippen molar-refractivity contribution in [2.75, 3.05) is 0 Å². The highest BCUT2D eigenvalue weighted by molar-refractivity contribution is 5.65. The predicted molar refractivity (Wildman–Crippen MR) is 53.3 cm³/mol. The molecule has 0 bridgehead atoms. The molecule has 1 aromatic carbocycles. The molecule has 0 atom stereocenters. The molecule has 7 heteroatoms. The van der Waals surface area contributed by atoms with Crippen LogP contribution in [0.4, 0.5) is 22.4 Å². The Hall–Kier alpha value is -2.05. The molecule has 0 spiro atoms. The summed E-state index contributed by atoms with van der Waals surface area (Å²) in [5.41, 5.74) is -1.52. The quantitative estimate of drug-likeness (QED) is 0.352. The predicted octanol–water partition coefficient (Wildman–Crippen LogP) is 3.89. The lowest BCUT2D eigenvalue weighted by atomic mass is 10.2. The normalized spacial score (nSPS) is 10.9. The highest BCUT2D eigenvalue weighted by Crippen LogP contribution is 2.33. The van der Waals surface area contributed by atoms with E-state index in [1.165, 1.54) is 6.92 Å². The number of carbonyl (C=O) groups excluding carboxylic acids is 1. The third kappa shape index (κ3) is 3.76. The van der Waals surface area contributed by atoms with Crippen molar-refractivity contribution < 1.29 is 31.8 Å². The molecule has 0 aromatic heterocycles. The average molecular weight is 264 g/mol. The molecule has 0 aliphatic heterocycles. The maximum absolute atomic E-state index is 12.9. The summed E-state index contributed by atoms with van der Waals surface area (Å²) in [7, 11) is 0. The van der Waals surface area contributed by atoms with Gasteiger partial charge in [0.05, 0.1) is 5.56 Å². The van der Waals surface area contributed by atoms with Gasteiger partial charge in [0, 0.05) is 0 Å². The molecule has 3 nitrogen and oxygen atoms in total. The number of hydrogen-bond donors (Lipinski definition) is 0. The van der Waals surface area contributed by atoms with Crippen LogP contribution in [0.3, 0.4) is 0 Å². The van der Waals surface area contributed by atoms with Gasteiger partial charge >= 0.3 is 12.3 Å². The zero-order valence-electron chi connectivity index (χ0n) is 9.18. The first kappa shape index (κ1) is 14.0. The van der Waals surface area contributed by atoms with E-state index in [1.54, 1.807) is 0 Å². The number of rotatable bonds is 2. The summed E-state index contributed by atoms with van der Waals surface area (Å²) in [6, 6.07) is 1.80. The van der Waals surface area contributed by atoms with Gasteiger partial charge in [0.25, 0.3) is 0 Å². The average Bonchev–Trinajstić information content (AvgIpc) is 2.17. The summed E-state index contributed by atoms with van der Waals surface area (Å²) in [5, 5.41) is 0. The number of halogens is 4. The van der Waals surface area contributed by atoms with E-state index in [0.717, 1.165) is 6.07 Å². The molecule has 1 rings (SSSR count). The van der Waals surface area contributed by atoms with Crippen LogP contribution in [-0.2, 0) is 10.9 Å². The maximum atomic E-state index is 12.9. The second kappa shape index (κ2) is 5.07. The first-order valence-electron chi connectivity index (χ1n) is 4.62. The van der Waals surface area contributed by atoms with Gasteiger partial charge in [-0.1, -0.05) is 6.58 Å². The van der Waals surface area contributed by atoms with Crippen LogP contribution in [0.5, 0.6) is 5.75 Å². The summed E-state index contributed by atoms with van der Waals surface area (Å²) in [6.07, 6.45) is -6.12. The Bertz CT molecular complexity index is 480. The van der Waals surface area contributed by atoms with Crippen molar-refractivity contribution in [1.29, 1.82) is 0 Å². The van der Waals surface area contributed by atoms with E-state index >= 15 is 0 Å². The van der Waals surface area contributed by atoms with Gasteiger partial charge in [-0.05, 0) is 25.1 Å². The molecular weight excluding hydrogens is 256 g/mol. The standard InChI is InChI=1S/C11H8F4O3/c1-6(2)17-10(16)18-7-3-4-9(12)8(5-7)11(13,14)15/h3-5H,1H2,2H3. The highest BCUT2D eigenvalue weighted by Gasteiger charge is 2.34. The van der Waals surface area contributed by atoms with Gasteiger partial charge in [0.2, 0.25) is 0 Å². The lowest BCUT2D eigenvalue weighted by Crippen LogP contribution is -2.12. The fraction of sp³-hybridized carbons (Fsp3) is 0.182. The van der Waals surface area contributed by atoms with Crippen LogP contribution in [0, 0.1) is 5.82 Å². The van der Waals surface area contributed by atoms with Gasteiger partial charge < -0.3 is 9.47 Å². The van der Waals surface area contributed by atoms with Crippen LogP contribution in [0.1, 0.15) is 12.5 Å². The Morgan fingerprint density at radius 2 is 1.94 bits per heavy atom. The summed E-state index contributed by atoms with van der Waals surface area (Å²) in [6.45, 7) is 4.60. The molecule has 0 radical (unpaired) electrons. The Morgan fingerprint density at radius 3 is 2.44 bits per heavy atom. The van der Waals surface area contributed by atoms with Crippen LogP contribution >= 0.6 is 0 Å². The second-order valence-electron chi connectivity index (χ2n) is 3.30. The Balaban J connectivity index is 2.92. The minimum atomic E-state index is -4.87. The van der Waals surface area contributed by atoms with Gasteiger partial charge in [-0.15, -0.1) is 0 Å². The molecule has 18 heavy (non-hydrogen) atoms. The van der Waals surface area contributed by atoms with E-state index in [4.69, 9.17) is 0 Å². The Kier molecular flexibility index (Phi) is 3.95. The number of benzene rings is 1. The van der Waals surface area contributed by atoms with E-state index in [2.05, 4.69) is 16.1 Å². The summed E-state index contributed by atoms with van der Waals surface area (Å²) >= 11 is 0. The number of hydrogen-bond acceptors (Lipinski definition) is 3. The second-order valence-corrected chi connectivity index (χ2v) is 3.30. The lowest BCUT2D eigenvalue weighted by molar-refractivity contribution is -0.140. The van der Waals surface area contributed by atoms with Crippen molar-refractivity contribution in [3.63, 3.8) is 0 Å². The van der Waals surface area contributed by atoms with Crippen LogP contribution in [0.15, 0.2) is 30.5 Å². The molecule has 98 valence electrons. The van der Waals surface area contributed by atoms with E-state index in [-0.39, 0.29) is 5.76 Å². The van der Waals surface area contributed by atoms with Gasteiger partial charge in [-0.25, -0.2) is 9.18 Å². The Labute approximate surface area is 99.6 Å². The smallest absolute Gasteiger partial charge is 0.400 e. The zero-order chi connectivity index (χ0) is 13.9. The molecule has 1 aromatic rings. The molecule has 0 aliphatic carbocycles. The summed E-state index contributed by atoms with van der Waals surface area (Å²) < 4.78 is 58.8. The van der Waals surface area contributed by atoms with Crippen LogP contribution in [0.2, 0.25) is 0 Å². The monoisotopic (exact) mass is 264 g/mol. The van der Waals surface area contributed by atoms with E-state index < -0.39 is 29.5 Å². The molecule has 0 unspecified atom stereocenters. The fourth-order valence-corrected chi connectivity index (χ4v) is 1.04. The molecule has 0 fully saturated rings. The van der Waals surface area contributed by atoms with E-state index in [9.17, 15) is 22.4 Å². The summed E-state index contributed by atoms with van der Waals surface area (Å²) in [5.74, 6) is -1.92. The molecule has 0 N–H and O–H groups in total. The number of ether oxygens (including phenoxy) is 2. The van der Waals surface area contributed by atoms with Crippen molar-refractivity contribution in [2.24, 2.45) is 0 Å². The molecule has 0 heterocycles. The van der Waals surface area contributed by atoms with Crippen molar-refractivity contribution >= 4 is 6.16 Å². The molecule has 0 saturated carbocycles. The highest BCUT2D eigenvalue weighted by atomic mass is 19.4. The van der Waals surface area contributed by atoms with Crippen LogP contribution in [0.25, 0.3) is 0 Å². The van der Waals surface area contributed by atoms with Crippen LogP contribution in [-0.4, -0.2) is 6.16 Å². The minimum absolute atomic E-state index is 0.0122. The lowest BCUT2D eigenvalue weighted by Gasteiger charge is -2.10. The topological polar surface area (TPSA) is 35.5 Å². The molecule has 0 amide bonds. The van der Waals surface area contributed by atoms with Crippen molar-refractivity contribution in [1.82, 2.24) is 0 Å². The molecule has 0 saturated heterocycles. The third-order valence-corrected chi connectivity index (χ3v) is 1.70. The minimum Gasteiger partial charge on any atom is -0.400 e. The number of alkyl halides is 3. The van der Waals surface area contributed by atoms with E-state index in [1.807, 2.05) is 0 Å². The number of carbonyl (C=O) groups is 1. The fourth-order valence-electron chi connectivity index (χ4n) is 1.04. The first-order chi connectivity index (χ1) is 8.20. The van der Waals surface area contributed by atoms with E-state index in [0.29, 0.717) is 12.1 Å².